The molecule has 2 aromatic rings. The third-order valence-electron chi connectivity index (χ3n) is 3.64. The van der Waals surface area contributed by atoms with Crippen LogP contribution in [-0.2, 0) is 0 Å². The zero-order valence-electron chi connectivity index (χ0n) is 11.8. The lowest BCUT2D eigenvalue weighted by atomic mass is 9.87. The topological polar surface area (TPSA) is 38.7 Å². The molecule has 1 aliphatic heterocycles. The molecule has 1 aliphatic rings. The van der Waals surface area contributed by atoms with Crippen LogP contribution in [0.15, 0.2) is 47.5 Å². The summed E-state index contributed by atoms with van der Waals surface area (Å²) in [5, 5.41) is 0.631. The van der Waals surface area contributed by atoms with Crippen molar-refractivity contribution in [1.29, 1.82) is 0 Å². The Morgan fingerprint density at radius 2 is 2.00 bits per heavy atom. The summed E-state index contributed by atoms with van der Waals surface area (Å²) in [6, 6.07) is 12.7. The van der Waals surface area contributed by atoms with E-state index in [4.69, 9.17) is 16.3 Å². The highest BCUT2D eigenvalue weighted by atomic mass is 35.5. The molecule has 0 aliphatic carbocycles. The standard InChI is InChI=1S/C17H14ClNO2/c1-10-16(11-4-3-5-12(18)8-11)19-15-9-13(21-2)6-7-14(15)17(10)20/h3-10H,1-2H3. The number of Topliss-reactive ketones (excluding diaryl/α,β-unsaturated/α-hetero) is 1. The molecule has 3 rings (SSSR count). The molecule has 0 fully saturated rings. The number of hydrogen-bond acceptors (Lipinski definition) is 3. The first-order valence-corrected chi connectivity index (χ1v) is 7.04. The largest absolute Gasteiger partial charge is 0.497 e. The van der Waals surface area contributed by atoms with Gasteiger partial charge in [-0.05, 0) is 36.8 Å². The van der Waals surface area contributed by atoms with E-state index in [-0.39, 0.29) is 11.7 Å². The van der Waals surface area contributed by atoms with Crippen LogP contribution in [0.4, 0.5) is 5.69 Å². The number of halogens is 1. The summed E-state index contributed by atoms with van der Waals surface area (Å²) in [5.74, 6) is 0.465. The van der Waals surface area contributed by atoms with E-state index in [0.29, 0.717) is 22.0 Å². The molecule has 4 heteroatoms. The van der Waals surface area contributed by atoms with Gasteiger partial charge in [-0.3, -0.25) is 9.79 Å². The SMILES string of the molecule is COc1ccc2c(c1)N=C(c1cccc(Cl)c1)C(C)C2=O. The Hall–Kier alpha value is -2.13. The fraction of sp³-hybridized carbons (Fsp3) is 0.176. The van der Waals surface area contributed by atoms with Gasteiger partial charge < -0.3 is 4.74 Å². The molecule has 21 heavy (non-hydrogen) atoms. The smallest absolute Gasteiger partial charge is 0.173 e. The van der Waals surface area contributed by atoms with Crippen molar-refractivity contribution in [3.8, 4) is 5.75 Å². The van der Waals surface area contributed by atoms with Crippen LogP contribution in [0, 0.1) is 5.92 Å². The fourth-order valence-electron chi connectivity index (χ4n) is 2.49. The first-order valence-electron chi connectivity index (χ1n) is 6.67. The molecule has 2 aromatic carbocycles. The Morgan fingerprint density at radius 3 is 2.71 bits per heavy atom. The number of nitrogens with zero attached hydrogens (tertiary/aromatic N) is 1. The lowest BCUT2D eigenvalue weighted by Gasteiger charge is -2.21. The normalized spacial score (nSPS) is 17.2. The van der Waals surface area contributed by atoms with Crippen LogP contribution in [-0.4, -0.2) is 18.6 Å². The molecule has 0 saturated heterocycles. The van der Waals surface area contributed by atoms with Gasteiger partial charge in [-0.25, -0.2) is 0 Å². The minimum absolute atomic E-state index is 0.0672. The highest BCUT2D eigenvalue weighted by Crippen LogP contribution is 2.33. The quantitative estimate of drug-likeness (QED) is 0.829. The zero-order chi connectivity index (χ0) is 15.0. The molecule has 106 valence electrons. The van der Waals surface area contributed by atoms with Gasteiger partial charge in [0.2, 0.25) is 0 Å². The molecule has 0 bridgehead atoms. The second kappa shape index (κ2) is 5.34. The molecule has 1 heterocycles. The third-order valence-corrected chi connectivity index (χ3v) is 3.87. The predicted molar refractivity (Wildman–Crippen MR) is 84.1 cm³/mol. The minimum atomic E-state index is -0.288. The van der Waals surface area contributed by atoms with Crippen molar-refractivity contribution in [3.63, 3.8) is 0 Å². The van der Waals surface area contributed by atoms with Crippen molar-refractivity contribution in [3.05, 3.63) is 58.6 Å². The number of methoxy groups -OCH3 is 1. The summed E-state index contributed by atoms with van der Waals surface area (Å²) >= 11 is 6.04. The van der Waals surface area contributed by atoms with E-state index >= 15 is 0 Å². The Labute approximate surface area is 128 Å². The molecule has 3 nitrogen and oxygen atoms in total. The van der Waals surface area contributed by atoms with Gasteiger partial charge in [0.05, 0.1) is 24.4 Å². The van der Waals surface area contributed by atoms with Gasteiger partial charge in [0.1, 0.15) is 5.75 Å². The maximum Gasteiger partial charge on any atom is 0.173 e. The lowest BCUT2D eigenvalue weighted by Crippen LogP contribution is -2.25. The Kier molecular flexibility index (Phi) is 3.52. The zero-order valence-corrected chi connectivity index (χ0v) is 12.5. The van der Waals surface area contributed by atoms with Gasteiger partial charge in [0.15, 0.2) is 5.78 Å². The van der Waals surface area contributed by atoms with Crippen LogP contribution in [0.2, 0.25) is 5.02 Å². The number of ether oxygens (including phenoxy) is 1. The first kappa shape index (κ1) is 13.8. The first-order chi connectivity index (χ1) is 10.1. The van der Waals surface area contributed by atoms with E-state index < -0.39 is 0 Å². The number of rotatable bonds is 2. The average molecular weight is 300 g/mol. The number of aliphatic imine (C=N–C) groups is 1. The van der Waals surface area contributed by atoms with E-state index in [0.717, 1.165) is 11.3 Å². The van der Waals surface area contributed by atoms with Crippen LogP contribution >= 0.6 is 11.6 Å². The summed E-state index contributed by atoms with van der Waals surface area (Å²) in [6.07, 6.45) is 0. The third kappa shape index (κ3) is 2.45. The number of fused-ring (bicyclic) bond motifs is 1. The molecule has 0 amide bonds. The van der Waals surface area contributed by atoms with Gasteiger partial charge in [-0.1, -0.05) is 23.7 Å². The molecule has 0 spiro atoms. The molecule has 1 atom stereocenters. The Bertz CT molecular complexity index is 752. The van der Waals surface area contributed by atoms with Crippen LogP contribution in [0.1, 0.15) is 22.8 Å². The van der Waals surface area contributed by atoms with E-state index in [2.05, 4.69) is 4.99 Å². The maximum atomic E-state index is 12.5. The number of carbonyl (C=O) groups excluding carboxylic acids is 1. The summed E-state index contributed by atoms with van der Waals surface area (Å²) in [6.45, 7) is 1.87. The second-order valence-corrected chi connectivity index (χ2v) is 5.41. The van der Waals surface area contributed by atoms with Crippen molar-refractivity contribution < 1.29 is 9.53 Å². The van der Waals surface area contributed by atoms with Crippen LogP contribution < -0.4 is 4.74 Å². The number of benzene rings is 2. The van der Waals surface area contributed by atoms with Gasteiger partial charge in [-0.15, -0.1) is 0 Å². The van der Waals surface area contributed by atoms with Crippen LogP contribution in [0.3, 0.4) is 0 Å². The molecule has 0 radical (unpaired) electrons. The van der Waals surface area contributed by atoms with Crippen LogP contribution in [0.25, 0.3) is 0 Å². The van der Waals surface area contributed by atoms with E-state index in [1.807, 2.05) is 25.1 Å². The Morgan fingerprint density at radius 1 is 1.19 bits per heavy atom. The van der Waals surface area contributed by atoms with Crippen molar-refractivity contribution in [1.82, 2.24) is 0 Å². The molecule has 0 saturated carbocycles. The van der Waals surface area contributed by atoms with E-state index in [9.17, 15) is 4.79 Å². The van der Waals surface area contributed by atoms with E-state index in [1.165, 1.54) is 0 Å². The molecule has 0 aromatic heterocycles. The fourth-order valence-corrected chi connectivity index (χ4v) is 2.68. The Balaban J connectivity index is 2.16. The summed E-state index contributed by atoms with van der Waals surface area (Å²) in [7, 11) is 1.59. The number of carbonyl (C=O) groups is 1. The molecular formula is C17H14ClNO2. The molecule has 1 unspecified atom stereocenters. The molecule has 0 N–H and O–H groups in total. The van der Waals surface area contributed by atoms with Crippen molar-refractivity contribution >= 4 is 28.8 Å². The summed E-state index contributed by atoms with van der Waals surface area (Å²) in [4.78, 5) is 17.2. The van der Waals surface area contributed by atoms with Crippen molar-refractivity contribution in [2.24, 2.45) is 10.9 Å². The van der Waals surface area contributed by atoms with Crippen molar-refractivity contribution in [2.45, 2.75) is 6.92 Å². The second-order valence-electron chi connectivity index (χ2n) is 4.98. The predicted octanol–water partition coefficient (Wildman–Crippen LogP) is 4.30. The highest BCUT2D eigenvalue weighted by molar-refractivity contribution is 6.31. The minimum Gasteiger partial charge on any atom is -0.497 e. The highest BCUT2D eigenvalue weighted by Gasteiger charge is 2.29. The maximum absolute atomic E-state index is 12.5. The number of hydrogen-bond donors (Lipinski definition) is 0. The van der Waals surface area contributed by atoms with Gasteiger partial charge in [0, 0.05) is 16.7 Å². The number of ketones is 1. The molecular weight excluding hydrogens is 286 g/mol. The average Bonchev–Trinajstić information content (AvgIpc) is 2.50. The van der Waals surface area contributed by atoms with Crippen LogP contribution in [0.5, 0.6) is 5.75 Å². The van der Waals surface area contributed by atoms with Gasteiger partial charge in [-0.2, -0.15) is 0 Å². The van der Waals surface area contributed by atoms with Gasteiger partial charge >= 0.3 is 0 Å². The van der Waals surface area contributed by atoms with Gasteiger partial charge in [0.25, 0.3) is 0 Å². The summed E-state index contributed by atoms with van der Waals surface area (Å²) in [5.41, 5.74) is 2.89. The van der Waals surface area contributed by atoms with Crippen molar-refractivity contribution in [2.75, 3.05) is 7.11 Å². The summed E-state index contributed by atoms with van der Waals surface area (Å²) < 4.78 is 5.20. The monoisotopic (exact) mass is 299 g/mol. The lowest BCUT2D eigenvalue weighted by molar-refractivity contribution is 0.0960. The van der Waals surface area contributed by atoms with E-state index in [1.54, 1.807) is 31.4 Å².